The normalized spacial score (nSPS) is 10.8. The Hall–Kier alpha value is -2.26. The molecule has 0 saturated carbocycles. The SMILES string of the molecule is COC(=O)c1ccc(Cn2ccc3c(Cl)cccc32)cc1. The van der Waals surface area contributed by atoms with Crippen molar-refractivity contribution < 1.29 is 9.53 Å². The summed E-state index contributed by atoms with van der Waals surface area (Å²) in [6, 6.07) is 15.3. The Morgan fingerprint density at radius 2 is 1.90 bits per heavy atom. The number of aromatic nitrogens is 1. The summed E-state index contributed by atoms with van der Waals surface area (Å²) in [5.41, 5.74) is 2.77. The lowest BCUT2D eigenvalue weighted by atomic mass is 10.1. The molecule has 2 aromatic carbocycles. The molecule has 1 heterocycles. The van der Waals surface area contributed by atoms with Crippen LogP contribution in [0.4, 0.5) is 0 Å². The Morgan fingerprint density at radius 3 is 2.62 bits per heavy atom. The van der Waals surface area contributed by atoms with Gasteiger partial charge in [0.15, 0.2) is 0 Å². The van der Waals surface area contributed by atoms with Gasteiger partial charge in [-0.2, -0.15) is 0 Å². The number of ether oxygens (including phenoxy) is 1. The fourth-order valence-electron chi connectivity index (χ4n) is 2.38. The van der Waals surface area contributed by atoms with Crippen LogP contribution in [0.1, 0.15) is 15.9 Å². The standard InChI is InChI=1S/C17H14ClNO2/c1-21-17(20)13-7-5-12(6-8-13)11-19-10-9-14-15(18)3-2-4-16(14)19/h2-10H,11H2,1H3. The van der Waals surface area contributed by atoms with Crippen molar-refractivity contribution >= 4 is 28.5 Å². The molecule has 0 fully saturated rings. The van der Waals surface area contributed by atoms with E-state index in [4.69, 9.17) is 16.3 Å². The number of halogens is 1. The van der Waals surface area contributed by atoms with Gasteiger partial charge in [-0.1, -0.05) is 29.8 Å². The molecule has 3 nitrogen and oxygen atoms in total. The second kappa shape index (κ2) is 5.62. The highest BCUT2D eigenvalue weighted by molar-refractivity contribution is 6.35. The van der Waals surface area contributed by atoms with Crippen molar-refractivity contribution in [3.05, 3.63) is 70.9 Å². The molecular formula is C17H14ClNO2. The van der Waals surface area contributed by atoms with Gasteiger partial charge in [-0.05, 0) is 35.9 Å². The van der Waals surface area contributed by atoms with Crippen molar-refractivity contribution in [1.29, 1.82) is 0 Å². The highest BCUT2D eigenvalue weighted by atomic mass is 35.5. The maximum absolute atomic E-state index is 11.4. The van der Waals surface area contributed by atoms with Gasteiger partial charge < -0.3 is 9.30 Å². The van der Waals surface area contributed by atoms with Crippen LogP contribution in [0.15, 0.2) is 54.7 Å². The van der Waals surface area contributed by atoms with E-state index in [0.717, 1.165) is 28.0 Å². The van der Waals surface area contributed by atoms with E-state index < -0.39 is 0 Å². The number of rotatable bonds is 3. The molecule has 0 bridgehead atoms. The molecule has 0 aliphatic carbocycles. The quantitative estimate of drug-likeness (QED) is 0.681. The van der Waals surface area contributed by atoms with E-state index in [1.165, 1.54) is 7.11 Å². The van der Waals surface area contributed by atoms with Crippen molar-refractivity contribution in [2.75, 3.05) is 7.11 Å². The van der Waals surface area contributed by atoms with Gasteiger partial charge in [0.1, 0.15) is 0 Å². The van der Waals surface area contributed by atoms with Crippen LogP contribution >= 0.6 is 11.6 Å². The number of hydrogen-bond donors (Lipinski definition) is 0. The van der Waals surface area contributed by atoms with Crippen LogP contribution in [-0.4, -0.2) is 17.6 Å². The minimum atomic E-state index is -0.320. The van der Waals surface area contributed by atoms with Crippen LogP contribution in [0.25, 0.3) is 10.9 Å². The molecule has 21 heavy (non-hydrogen) atoms. The predicted molar refractivity (Wildman–Crippen MR) is 83.8 cm³/mol. The van der Waals surface area contributed by atoms with Crippen LogP contribution in [-0.2, 0) is 11.3 Å². The fraction of sp³-hybridized carbons (Fsp3) is 0.118. The van der Waals surface area contributed by atoms with Gasteiger partial charge in [-0.25, -0.2) is 4.79 Å². The molecule has 0 saturated heterocycles. The van der Waals surface area contributed by atoms with Gasteiger partial charge in [0.05, 0.1) is 12.7 Å². The smallest absolute Gasteiger partial charge is 0.337 e. The third kappa shape index (κ3) is 2.65. The summed E-state index contributed by atoms with van der Waals surface area (Å²) in [5, 5.41) is 1.80. The van der Waals surface area contributed by atoms with Crippen molar-refractivity contribution in [3.8, 4) is 0 Å². The molecular weight excluding hydrogens is 286 g/mol. The molecule has 0 radical (unpaired) electrons. The predicted octanol–water partition coefficient (Wildman–Crippen LogP) is 4.13. The molecule has 0 aliphatic rings. The summed E-state index contributed by atoms with van der Waals surface area (Å²) < 4.78 is 6.83. The number of fused-ring (bicyclic) bond motifs is 1. The van der Waals surface area contributed by atoms with E-state index in [0.29, 0.717) is 5.56 Å². The summed E-state index contributed by atoms with van der Waals surface area (Å²) in [7, 11) is 1.38. The summed E-state index contributed by atoms with van der Waals surface area (Å²) in [4.78, 5) is 11.4. The van der Waals surface area contributed by atoms with E-state index in [9.17, 15) is 4.79 Å². The van der Waals surface area contributed by atoms with Crippen LogP contribution in [0.3, 0.4) is 0 Å². The largest absolute Gasteiger partial charge is 0.465 e. The lowest BCUT2D eigenvalue weighted by Crippen LogP contribution is -2.02. The van der Waals surface area contributed by atoms with Crippen molar-refractivity contribution in [2.24, 2.45) is 0 Å². The first-order valence-electron chi connectivity index (χ1n) is 6.59. The molecule has 3 aromatic rings. The van der Waals surface area contributed by atoms with E-state index in [2.05, 4.69) is 4.57 Å². The first-order chi connectivity index (χ1) is 10.2. The first kappa shape index (κ1) is 13.7. The highest BCUT2D eigenvalue weighted by Gasteiger charge is 2.07. The molecule has 0 unspecified atom stereocenters. The number of carbonyl (C=O) groups is 1. The van der Waals surface area contributed by atoms with Gasteiger partial charge in [0, 0.05) is 28.7 Å². The summed E-state index contributed by atoms with van der Waals surface area (Å²) in [6.45, 7) is 0.727. The van der Waals surface area contributed by atoms with Gasteiger partial charge in [0.25, 0.3) is 0 Å². The second-order valence-electron chi connectivity index (χ2n) is 4.80. The number of carbonyl (C=O) groups excluding carboxylic acids is 1. The van der Waals surface area contributed by atoms with E-state index in [-0.39, 0.29) is 5.97 Å². The molecule has 0 amide bonds. The van der Waals surface area contributed by atoms with Crippen LogP contribution in [0, 0.1) is 0 Å². The molecule has 1 aromatic heterocycles. The van der Waals surface area contributed by atoms with Gasteiger partial charge in [-0.3, -0.25) is 0 Å². The zero-order valence-electron chi connectivity index (χ0n) is 11.5. The lowest BCUT2D eigenvalue weighted by Gasteiger charge is -2.07. The first-order valence-corrected chi connectivity index (χ1v) is 6.97. The third-order valence-electron chi connectivity index (χ3n) is 3.49. The van der Waals surface area contributed by atoms with Crippen LogP contribution in [0.2, 0.25) is 5.02 Å². The van der Waals surface area contributed by atoms with E-state index >= 15 is 0 Å². The van der Waals surface area contributed by atoms with Gasteiger partial charge in [-0.15, -0.1) is 0 Å². The molecule has 0 spiro atoms. The maximum Gasteiger partial charge on any atom is 0.337 e. The third-order valence-corrected chi connectivity index (χ3v) is 3.82. The molecule has 3 rings (SSSR count). The van der Waals surface area contributed by atoms with Gasteiger partial charge >= 0.3 is 5.97 Å². The minimum absolute atomic E-state index is 0.320. The summed E-state index contributed by atoms with van der Waals surface area (Å²) in [5.74, 6) is -0.320. The zero-order valence-corrected chi connectivity index (χ0v) is 12.3. The molecule has 0 aliphatic heterocycles. The number of hydrogen-bond acceptors (Lipinski definition) is 2. The topological polar surface area (TPSA) is 31.2 Å². The monoisotopic (exact) mass is 299 g/mol. The lowest BCUT2D eigenvalue weighted by molar-refractivity contribution is 0.0600. The van der Waals surface area contributed by atoms with Crippen molar-refractivity contribution in [2.45, 2.75) is 6.54 Å². The average molecular weight is 300 g/mol. The number of benzene rings is 2. The number of esters is 1. The Labute approximate surface area is 127 Å². The van der Waals surface area contributed by atoms with Crippen molar-refractivity contribution in [3.63, 3.8) is 0 Å². The molecule has 0 atom stereocenters. The van der Waals surface area contributed by atoms with Crippen LogP contribution in [0.5, 0.6) is 0 Å². The zero-order chi connectivity index (χ0) is 14.8. The Kier molecular flexibility index (Phi) is 3.67. The molecule has 4 heteroatoms. The maximum atomic E-state index is 11.4. The average Bonchev–Trinajstić information content (AvgIpc) is 2.92. The summed E-state index contributed by atoms with van der Waals surface area (Å²) >= 11 is 6.18. The second-order valence-corrected chi connectivity index (χ2v) is 5.21. The Morgan fingerprint density at radius 1 is 1.14 bits per heavy atom. The van der Waals surface area contributed by atoms with E-state index in [1.54, 1.807) is 12.1 Å². The van der Waals surface area contributed by atoms with E-state index in [1.807, 2.05) is 42.6 Å². The molecule has 0 N–H and O–H groups in total. The fourth-order valence-corrected chi connectivity index (χ4v) is 2.62. The van der Waals surface area contributed by atoms with Gasteiger partial charge in [0.2, 0.25) is 0 Å². The van der Waals surface area contributed by atoms with Crippen molar-refractivity contribution in [1.82, 2.24) is 4.57 Å². The number of nitrogens with zero attached hydrogens (tertiary/aromatic N) is 1. The Bertz CT molecular complexity index is 790. The highest BCUT2D eigenvalue weighted by Crippen LogP contribution is 2.24. The summed E-state index contributed by atoms with van der Waals surface area (Å²) in [6.07, 6.45) is 2.02. The minimum Gasteiger partial charge on any atom is -0.465 e. The number of methoxy groups -OCH3 is 1. The van der Waals surface area contributed by atoms with Crippen LogP contribution < -0.4 is 0 Å². The Balaban J connectivity index is 1.88. The molecule has 106 valence electrons.